The fourth-order valence-corrected chi connectivity index (χ4v) is 8.64. The SMILES string of the molecule is c1ccc(-c2cccc(-c3nc(-c4ccc5ccccc5c4)nc(-c4ccc(-n5c6ccccc6c6cc7ccccc7cc65)c5c4oc4ccccc45)n3)c2)cc1. The largest absolute Gasteiger partial charge is 0.455 e. The van der Waals surface area contributed by atoms with Crippen molar-refractivity contribution in [2.75, 3.05) is 0 Å². The normalized spacial score (nSPS) is 11.8. The van der Waals surface area contributed by atoms with Gasteiger partial charge in [0.2, 0.25) is 0 Å². The molecule has 12 rings (SSSR count). The van der Waals surface area contributed by atoms with Gasteiger partial charge in [-0.05, 0) is 81.2 Å². The van der Waals surface area contributed by atoms with Crippen molar-refractivity contribution in [1.29, 1.82) is 0 Å². The van der Waals surface area contributed by atoms with Crippen molar-refractivity contribution >= 4 is 65.3 Å². The van der Waals surface area contributed by atoms with Crippen molar-refractivity contribution in [3.8, 4) is 51.0 Å². The molecule has 270 valence electrons. The van der Waals surface area contributed by atoms with Crippen LogP contribution in [-0.2, 0) is 0 Å². The molecule has 0 saturated heterocycles. The van der Waals surface area contributed by atoms with Crippen LogP contribution < -0.4 is 0 Å². The van der Waals surface area contributed by atoms with Gasteiger partial charge >= 0.3 is 0 Å². The number of hydrogen-bond acceptors (Lipinski definition) is 4. The Bertz CT molecular complexity index is 3580. The zero-order valence-electron chi connectivity index (χ0n) is 31.2. The molecule has 5 nitrogen and oxygen atoms in total. The molecule has 0 aliphatic rings. The number of para-hydroxylation sites is 2. The van der Waals surface area contributed by atoms with Gasteiger partial charge < -0.3 is 8.98 Å². The first-order valence-corrected chi connectivity index (χ1v) is 19.5. The molecule has 58 heavy (non-hydrogen) atoms. The van der Waals surface area contributed by atoms with Gasteiger partial charge in [-0.1, -0.05) is 146 Å². The van der Waals surface area contributed by atoms with Crippen LogP contribution in [0, 0.1) is 0 Å². The second-order valence-corrected chi connectivity index (χ2v) is 14.8. The van der Waals surface area contributed by atoms with Crippen LogP contribution in [0.5, 0.6) is 0 Å². The molecule has 3 heterocycles. The highest BCUT2D eigenvalue weighted by Gasteiger charge is 2.23. The van der Waals surface area contributed by atoms with Gasteiger partial charge in [0.25, 0.3) is 0 Å². The van der Waals surface area contributed by atoms with Gasteiger partial charge in [-0.25, -0.2) is 15.0 Å². The number of nitrogens with zero attached hydrogens (tertiary/aromatic N) is 4. The Kier molecular flexibility index (Phi) is 7.16. The molecule has 0 saturated carbocycles. The minimum Gasteiger partial charge on any atom is -0.455 e. The fraction of sp³-hybridized carbons (Fsp3) is 0. The van der Waals surface area contributed by atoms with E-state index in [1.165, 1.54) is 21.5 Å². The second-order valence-electron chi connectivity index (χ2n) is 14.8. The highest BCUT2D eigenvalue weighted by molar-refractivity contribution is 6.18. The van der Waals surface area contributed by atoms with Gasteiger partial charge in [-0.2, -0.15) is 0 Å². The standard InChI is InChI=1S/C53H32N4O/c1-2-13-33(14-3-1)36-19-12-20-39(29-36)51-54-52(40-26-25-34-15-4-5-16-35(34)30-40)56-53(55-51)43-27-28-46(49-42-22-9-11-24-48(42)58-50(43)49)57-45-23-10-8-21-41(45)44-31-37-17-6-7-18-38(37)32-47(44)57/h1-32H. The average molecular weight is 741 g/mol. The third-order valence-corrected chi connectivity index (χ3v) is 11.4. The summed E-state index contributed by atoms with van der Waals surface area (Å²) in [6, 6.07) is 68.0. The number of hydrogen-bond donors (Lipinski definition) is 0. The van der Waals surface area contributed by atoms with Crippen molar-refractivity contribution in [3.63, 3.8) is 0 Å². The second kappa shape index (κ2) is 12.8. The van der Waals surface area contributed by atoms with E-state index >= 15 is 0 Å². The van der Waals surface area contributed by atoms with Crippen LogP contribution in [0.2, 0.25) is 0 Å². The van der Waals surface area contributed by atoms with E-state index in [1.807, 2.05) is 18.2 Å². The van der Waals surface area contributed by atoms with Crippen molar-refractivity contribution in [2.45, 2.75) is 0 Å². The zero-order chi connectivity index (χ0) is 38.2. The van der Waals surface area contributed by atoms with Gasteiger partial charge in [-0.3, -0.25) is 0 Å². The molecule has 0 amide bonds. The molecule has 0 aliphatic heterocycles. The molecule has 0 bridgehead atoms. The monoisotopic (exact) mass is 740 g/mol. The summed E-state index contributed by atoms with van der Waals surface area (Å²) in [5, 5.41) is 9.14. The molecule has 0 atom stereocenters. The number of aromatic nitrogens is 4. The smallest absolute Gasteiger partial charge is 0.167 e. The highest BCUT2D eigenvalue weighted by atomic mass is 16.3. The highest BCUT2D eigenvalue weighted by Crippen LogP contribution is 2.43. The van der Waals surface area contributed by atoms with Gasteiger partial charge in [0.15, 0.2) is 17.5 Å². The minimum absolute atomic E-state index is 0.544. The van der Waals surface area contributed by atoms with Crippen LogP contribution in [0.4, 0.5) is 0 Å². The predicted octanol–water partition coefficient (Wildman–Crippen LogP) is 13.8. The molecule has 0 unspecified atom stereocenters. The summed E-state index contributed by atoms with van der Waals surface area (Å²) in [7, 11) is 0. The third kappa shape index (κ3) is 5.14. The molecule has 0 radical (unpaired) electrons. The van der Waals surface area contributed by atoms with Crippen LogP contribution in [0.1, 0.15) is 0 Å². The van der Waals surface area contributed by atoms with Crippen LogP contribution in [0.25, 0.3) is 116 Å². The average Bonchev–Trinajstić information content (AvgIpc) is 3.84. The Hall–Kier alpha value is -7.89. The minimum atomic E-state index is 0.544. The van der Waals surface area contributed by atoms with E-state index in [4.69, 9.17) is 19.4 Å². The molecular formula is C53H32N4O. The van der Waals surface area contributed by atoms with E-state index in [0.29, 0.717) is 17.5 Å². The molecular weight excluding hydrogens is 709 g/mol. The lowest BCUT2D eigenvalue weighted by atomic mass is 10.0. The molecule has 5 heteroatoms. The van der Waals surface area contributed by atoms with E-state index in [-0.39, 0.29) is 0 Å². The summed E-state index contributed by atoms with van der Waals surface area (Å²) >= 11 is 0. The van der Waals surface area contributed by atoms with E-state index in [9.17, 15) is 0 Å². The molecule has 0 fully saturated rings. The Morgan fingerprint density at radius 2 is 0.983 bits per heavy atom. The van der Waals surface area contributed by atoms with Crippen molar-refractivity contribution in [2.24, 2.45) is 0 Å². The number of fused-ring (bicyclic) bond motifs is 8. The zero-order valence-corrected chi connectivity index (χ0v) is 31.2. The number of furan rings is 1. The quantitative estimate of drug-likeness (QED) is 0.176. The summed E-state index contributed by atoms with van der Waals surface area (Å²) in [4.78, 5) is 15.7. The molecule has 0 spiro atoms. The van der Waals surface area contributed by atoms with E-state index in [0.717, 1.165) is 77.2 Å². The predicted molar refractivity (Wildman–Crippen MR) is 238 cm³/mol. The van der Waals surface area contributed by atoms with Crippen LogP contribution in [0.15, 0.2) is 199 Å². The third-order valence-electron chi connectivity index (χ3n) is 11.4. The van der Waals surface area contributed by atoms with Crippen LogP contribution in [0.3, 0.4) is 0 Å². The Balaban J connectivity index is 1.13. The first-order valence-electron chi connectivity index (χ1n) is 19.5. The molecule has 12 aromatic rings. The lowest BCUT2D eigenvalue weighted by molar-refractivity contribution is 0.669. The van der Waals surface area contributed by atoms with E-state index in [1.54, 1.807) is 0 Å². The van der Waals surface area contributed by atoms with Crippen LogP contribution >= 0.6 is 0 Å². The maximum atomic E-state index is 6.88. The molecule has 0 aliphatic carbocycles. The lowest BCUT2D eigenvalue weighted by Gasteiger charge is -2.13. The lowest BCUT2D eigenvalue weighted by Crippen LogP contribution is -2.01. The Morgan fingerprint density at radius 3 is 1.81 bits per heavy atom. The Morgan fingerprint density at radius 1 is 0.362 bits per heavy atom. The fourth-order valence-electron chi connectivity index (χ4n) is 8.64. The first-order chi connectivity index (χ1) is 28.7. The maximum Gasteiger partial charge on any atom is 0.167 e. The van der Waals surface area contributed by atoms with E-state index in [2.05, 4.69) is 180 Å². The summed E-state index contributed by atoms with van der Waals surface area (Å²) in [5.41, 5.74) is 9.67. The summed E-state index contributed by atoms with van der Waals surface area (Å²) in [5.74, 6) is 1.73. The van der Waals surface area contributed by atoms with Gasteiger partial charge in [0.1, 0.15) is 11.2 Å². The van der Waals surface area contributed by atoms with Gasteiger partial charge in [0, 0.05) is 27.3 Å². The number of rotatable bonds is 5. The molecule has 9 aromatic carbocycles. The molecule has 0 N–H and O–H groups in total. The van der Waals surface area contributed by atoms with Crippen LogP contribution in [-0.4, -0.2) is 19.5 Å². The van der Waals surface area contributed by atoms with Gasteiger partial charge in [-0.15, -0.1) is 0 Å². The number of benzene rings is 9. The summed E-state index contributed by atoms with van der Waals surface area (Å²) in [6.07, 6.45) is 0. The van der Waals surface area contributed by atoms with Crippen molar-refractivity contribution < 1.29 is 4.42 Å². The Labute approximate surface area is 333 Å². The summed E-state index contributed by atoms with van der Waals surface area (Å²) < 4.78 is 9.27. The van der Waals surface area contributed by atoms with Crippen molar-refractivity contribution in [3.05, 3.63) is 194 Å². The van der Waals surface area contributed by atoms with E-state index < -0.39 is 0 Å². The van der Waals surface area contributed by atoms with Crippen molar-refractivity contribution in [1.82, 2.24) is 19.5 Å². The summed E-state index contributed by atoms with van der Waals surface area (Å²) in [6.45, 7) is 0. The maximum absolute atomic E-state index is 6.88. The first kappa shape index (κ1) is 32.4. The van der Waals surface area contributed by atoms with Gasteiger partial charge in [0.05, 0.1) is 27.7 Å². The molecule has 3 aromatic heterocycles. The topological polar surface area (TPSA) is 56.7 Å².